The van der Waals surface area contributed by atoms with Gasteiger partial charge >= 0.3 is 58.4 Å². The van der Waals surface area contributed by atoms with Crippen LogP contribution in [0.15, 0.2) is 18.2 Å². The van der Waals surface area contributed by atoms with Crippen LogP contribution in [-0.4, -0.2) is 13.5 Å². The summed E-state index contributed by atoms with van der Waals surface area (Å²) < 4.78 is 40.4. The molecule has 0 atom stereocenters. The molecule has 0 saturated carbocycles. The molecule has 0 unspecified atom stereocenters. The van der Waals surface area contributed by atoms with Gasteiger partial charge < -0.3 is 17.7 Å². The molecule has 0 spiro atoms. The van der Waals surface area contributed by atoms with Crippen molar-refractivity contribution in [2.45, 2.75) is 13.3 Å². The van der Waals surface area contributed by atoms with E-state index in [0.717, 1.165) is 5.56 Å². The van der Waals surface area contributed by atoms with Crippen molar-refractivity contribution in [3.63, 3.8) is 0 Å². The number of hydrogen-bond acceptors (Lipinski definition) is 1. The number of ether oxygens (including phenoxy) is 1. The van der Waals surface area contributed by atoms with E-state index in [1.165, 1.54) is 12.1 Å². The summed E-state index contributed by atoms with van der Waals surface area (Å²) >= 11 is 5.81. The quantitative estimate of drug-likeness (QED) is 0.735. The van der Waals surface area contributed by atoms with Crippen LogP contribution in [-0.2, 0) is 6.42 Å². The molecular formula is C9H10BClF3KO. The van der Waals surface area contributed by atoms with Gasteiger partial charge in [-0.2, -0.15) is 0 Å². The smallest absolute Gasteiger partial charge is 0.522 e. The molecular weight excluding hydrogens is 266 g/mol. The van der Waals surface area contributed by atoms with Gasteiger partial charge in [0.25, 0.3) is 0 Å². The van der Waals surface area contributed by atoms with Crippen LogP contribution < -0.4 is 56.1 Å². The van der Waals surface area contributed by atoms with Crippen LogP contribution in [0.2, 0.25) is 5.02 Å². The van der Waals surface area contributed by atoms with Crippen molar-refractivity contribution in [3.05, 3.63) is 28.8 Å². The molecule has 1 rings (SSSR count). The topological polar surface area (TPSA) is 9.23 Å². The Hall–Kier alpha value is 0.801. The second kappa shape index (κ2) is 7.28. The first-order valence-electron chi connectivity index (χ1n) is 4.54. The molecule has 0 heterocycles. The maximum atomic E-state index is 11.9. The van der Waals surface area contributed by atoms with Crippen LogP contribution in [0.25, 0.3) is 0 Å². The first kappa shape index (κ1) is 16.8. The Morgan fingerprint density at radius 2 is 1.94 bits per heavy atom. The summed E-state index contributed by atoms with van der Waals surface area (Å²) in [5.74, 6) is 0.204. The van der Waals surface area contributed by atoms with Gasteiger partial charge in [-0.25, -0.2) is 0 Å². The average Bonchev–Trinajstić information content (AvgIpc) is 2.15. The minimum atomic E-state index is -4.91. The van der Waals surface area contributed by atoms with Crippen molar-refractivity contribution in [3.8, 4) is 5.75 Å². The van der Waals surface area contributed by atoms with Crippen LogP contribution in [0, 0.1) is 0 Å². The van der Waals surface area contributed by atoms with Crippen LogP contribution >= 0.6 is 11.6 Å². The van der Waals surface area contributed by atoms with Gasteiger partial charge in [-0.1, -0.05) is 18.5 Å². The molecule has 1 aromatic carbocycles. The summed E-state index contributed by atoms with van der Waals surface area (Å²) in [7, 11) is 0. The maximum absolute atomic E-state index is 11.9. The van der Waals surface area contributed by atoms with E-state index >= 15 is 0 Å². The summed E-state index contributed by atoms with van der Waals surface area (Å²) in [6.07, 6.45) is 0.660. The van der Waals surface area contributed by atoms with Crippen molar-refractivity contribution in [2.75, 3.05) is 6.51 Å². The van der Waals surface area contributed by atoms with Crippen molar-refractivity contribution in [1.29, 1.82) is 0 Å². The molecule has 0 aliphatic carbocycles. The molecule has 0 amide bonds. The minimum Gasteiger partial charge on any atom is -0.522 e. The van der Waals surface area contributed by atoms with E-state index in [2.05, 4.69) is 4.74 Å². The summed E-state index contributed by atoms with van der Waals surface area (Å²) in [6.45, 7) is -4.25. The van der Waals surface area contributed by atoms with Crippen molar-refractivity contribution in [1.82, 2.24) is 0 Å². The van der Waals surface area contributed by atoms with Crippen LogP contribution in [0.1, 0.15) is 12.5 Å². The van der Waals surface area contributed by atoms with E-state index in [9.17, 15) is 12.9 Å². The largest absolute Gasteiger partial charge is 1.00 e. The van der Waals surface area contributed by atoms with Crippen LogP contribution in [0.4, 0.5) is 12.9 Å². The predicted octanol–water partition coefficient (Wildman–Crippen LogP) is 0.672. The Morgan fingerprint density at radius 3 is 2.44 bits per heavy atom. The molecule has 0 radical (unpaired) electrons. The zero-order valence-electron chi connectivity index (χ0n) is 9.14. The zero-order valence-corrected chi connectivity index (χ0v) is 13.0. The van der Waals surface area contributed by atoms with Crippen LogP contribution in [0.3, 0.4) is 0 Å². The van der Waals surface area contributed by atoms with Gasteiger partial charge in [0.15, 0.2) is 0 Å². The molecule has 0 aliphatic rings. The average molecular weight is 277 g/mol. The fourth-order valence-electron chi connectivity index (χ4n) is 1.10. The number of rotatable bonds is 4. The van der Waals surface area contributed by atoms with E-state index in [4.69, 9.17) is 11.6 Å². The second-order valence-corrected chi connectivity index (χ2v) is 3.54. The van der Waals surface area contributed by atoms with Gasteiger partial charge in [-0.15, -0.1) is 0 Å². The Kier molecular flexibility index (Phi) is 7.65. The molecule has 16 heavy (non-hydrogen) atoms. The molecule has 0 fully saturated rings. The molecule has 0 aliphatic heterocycles. The van der Waals surface area contributed by atoms with Gasteiger partial charge in [0, 0.05) is 5.02 Å². The molecule has 0 bridgehead atoms. The first-order chi connectivity index (χ1) is 6.92. The van der Waals surface area contributed by atoms with Crippen LogP contribution in [0.5, 0.6) is 5.75 Å². The standard InChI is InChI=1S/C9H10BClF3O.K/c1-2-7-5-8(3-4-9(7)11)15-6-10(12,13)14;/h3-5H,2,6H2,1H3;/q-1;+1. The van der Waals surface area contributed by atoms with E-state index in [-0.39, 0.29) is 57.1 Å². The van der Waals surface area contributed by atoms with E-state index in [0.29, 0.717) is 11.4 Å². The summed E-state index contributed by atoms with van der Waals surface area (Å²) in [5.41, 5.74) is 0.781. The predicted molar refractivity (Wildman–Crippen MR) is 55.4 cm³/mol. The van der Waals surface area contributed by atoms with E-state index in [1.54, 1.807) is 6.07 Å². The molecule has 1 aromatic rings. The zero-order chi connectivity index (χ0) is 11.5. The number of hydrogen-bond donors (Lipinski definition) is 0. The molecule has 84 valence electrons. The normalized spacial score (nSPS) is 10.8. The maximum Gasteiger partial charge on any atom is 1.00 e. The van der Waals surface area contributed by atoms with Gasteiger partial charge in [-0.3, -0.25) is 0 Å². The Bertz CT molecular complexity index is 346. The third kappa shape index (κ3) is 5.93. The third-order valence-electron chi connectivity index (χ3n) is 1.84. The molecule has 0 saturated heterocycles. The molecule has 7 heteroatoms. The number of halogens is 4. The number of aryl methyl sites for hydroxylation is 1. The van der Waals surface area contributed by atoms with Crippen molar-refractivity contribution in [2.24, 2.45) is 0 Å². The van der Waals surface area contributed by atoms with Crippen molar-refractivity contribution < 1.29 is 69.1 Å². The van der Waals surface area contributed by atoms with Gasteiger partial charge in [-0.05, 0) is 30.2 Å². The first-order valence-corrected chi connectivity index (χ1v) is 4.92. The van der Waals surface area contributed by atoms with E-state index in [1.807, 2.05) is 6.92 Å². The van der Waals surface area contributed by atoms with E-state index < -0.39 is 13.5 Å². The van der Waals surface area contributed by atoms with Gasteiger partial charge in [0.1, 0.15) is 5.75 Å². The van der Waals surface area contributed by atoms with Crippen molar-refractivity contribution >= 4 is 18.6 Å². The second-order valence-electron chi connectivity index (χ2n) is 3.13. The summed E-state index contributed by atoms with van der Waals surface area (Å²) in [5, 5.41) is 0.544. The Morgan fingerprint density at radius 1 is 1.31 bits per heavy atom. The summed E-state index contributed by atoms with van der Waals surface area (Å²) in [4.78, 5) is 0. The minimum absolute atomic E-state index is 0. The Labute approximate surface area is 140 Å². The SMILES string of the molecule is CCc1cc(OC[B-](F)(F)F)ccc1Cl.[K+]. The van der Waals surface area contributed by atoms with Gasteiger partial charge in [0.2, 0.25) is 0 Å². The fourth-order valence-corrected chi connectivity index (χ4v) is 1.35. The number of benzene rings is 1. The molecule has 0 aromatic heterocycles. The van der Waals surface area contributed by atoms with Gasteiger partial charge in [0.05, 0.1) is 6.51 Å². The molecule has 1 nitrogen and oxygen atoms in total. The summed E-state index contributed by atoms with van der Waals surface area (Å²) in [6, 6.07) is 4.51. The molecule has 0 N–H and O–H groups in total. The Balaban J connectivity index is 0.00000225. The monoisotopic (exact) mass is 276 g/mol. The third-order valence-corrected chi connectivity index (χ3v) is 2.21. The fraction of sp³-hybridized carbons (Fsp3) is 0.333.